The van der Waals surface area contributed by atoms with E-state index in [1.807, 2.05) is 13.8 Å². The standard InChI is InChI=1S/C14H17FO5S/c1-14(2)6-5-9(20-14)8-21(18,19)10-3-4-12(15)11(7-10)13(16)17/h3-4,7,9H,5-6,8H2,1-2H3,(H,16,17). The van der Waals surface area contributed by atoms with Crippen molar-refractivity contribution in [2.24, 2.45) is 0 Å². The Hall–Kier alpha value is -1.47. The van der Waals surface area contributed by atoms with Gasteiger partial charge in [0.25, 0.3) is 0 Å². The smallest absolute Gasteiger partial charge is 0.338 e. The molecule has 1 N–H and O–H groups in total. The molecule has 0 aliphatic carbocycles. The number of hydrogen-bond acceptors (Lipinski definition) is 4. The van der Waals surface area contributed by atoms with E-state index >= 15 is 0 Å². The molecular weight excluding hydrogens is 299 g/mol. The summed E-state index contributed by atoms with van der Waals surface area (Å²) in [5.41, 5.74) is -1.00. The summed E-state index contributed by atoms with van der Waals surface area (Å²) in [6.45, 7) is 3.78. The van der Waals surface area contributed by atoms with E-state index in [0.29, 0.717) is 6.42 Å². The van der Waals surface area contributed by atoms with Crippen molar-refractivity contribution in [1.29, 1.82) is 0 Å². The molecule has 1 unspecified atom stereocenters. The molecule has 0 bridgehead atoms. The maximum atomic E-state index is 13.3. The predicted octanol–water partition coefficient (Wildman–Crippen LogP) is 2.26. The lowest BCUT2D eigenvalue weighted by Crippen LogP contribution is -2.25. The van der Waals surface area contributed by atoms with Crippen molar-refractivity contribution in [3.63, 3.8) is 0 Å². The van der Waals surface area contributed by atoms with Crippen molar-refractivity contribution in [1.82, 2.24) is 0 Å². The van der Waals surface area contributed by atoms with Gasteiger partial charge in [0.1, 0.15) is 5.82 Å². The highest BCUT2D eigenvalue weighted by Gasteiger charge is 2.35. The van der Waals surface area contributed by atoms with Gasteiger partial charge in [0.2, 0.25) is 0 Å². The number of halogens is 1. The fraction of sp³-hybridized carbons (Fsp3) is 0.500. The van der Waals surface area contributed by atoms with E-state index in [9.17, 15) is 17.6 Å². The monoisotopic (exact) mass is 316 g/mol. The summed E-state index contributed by atoms with van der Waals surface area (Å²) in [7, 11) is -3.72. The summed E-state index contributed by atoms with van der Waals surface area (Å²) >= 11 is 0. The fourth-order valence-electron chi connectivity index (χ4n) is 2.40. The fourth-order valence-corrected chi connectivity index (χ4v) is 3.89. The lowest BCUT2D eigenvalue weighted by molar-refractivity contribution is -0.00528. The highest BCUT2D eigenvalue weighted by Crippen LogP contribution is 2.31. The molecule has 1 aliphatic heterocycles. The van der Waals surface area contributed by atoms with Crippen molar-refractivity contribution in [3.05, 3.63) is 29.6 Å². The van der Waals surface area contributed by atoms with Crippen molar-refractivity contribution in [2.45, 2.75) is 43.3 Å². The van der Waals surface area contributed by atoms with E-state index in [1.54, 1.807) is 0 Å². The molecule has 0 spiro atoms. The van der Waals surface area contributed by atoms with Gasteiger partial charge in [-0.05, 0) is 44.9 Å². The van der Waals surface area contributed by atoms with Crippen molar-refractivity contribution in [3.8, 4) is 0 Å². The first kappa shape index (κ1) is 15.9. The molecule has 5 nitrogen and oxygen atoms in total. The van der Waals surface area contributed by atoms with Crippen LogP contribution >= 0.6 is 0 Å². The van der Waals surface area contributed by atoms with Gasteiger partial charge in [-0.25, -0.2) is 17.6 Å². The maximum absolute atomic E-state index is 13.3. The second-order valence-electron chi connectivity index (χ2n) is 5.77. The lowest BCUT2D eigenvalue weighted by Gasteiger charge is -2.19. The zero-order valence-electron chi connectivity index (χ0n) is 11.8. The molecule has 1 fully saturated rings. The second kappa shape index (κ2) is 5.38. The second-order valence-corrected chi connectivity index (χ2v) is 7.80. The molecule has 0 saturated carbocycles. The van der Waals surface area contributed by atoms with Crippen molar-refractivity contribution in [2.75, 3.05) is 5.75 Å². The minimum Gasteiger partial charge on any atom is -0.478 e. The summed E-state index contributed by atoms with van der Waals surface area (Å²) in [4.78, 5) is 10.7. The van der Waals surface area contributed by atoms with Crippen LogP contribution in [0.25, 0.3) is 0 Å². The highest BCUT2D eigenvalue weighted by molar-refractivity contribution is 7.91. The van der Waals surface area contributed by atoms with Gasteiger partial charge in [0, 0.05) is 0 Å². The van der Waals surface area contributed by atoms with Crippen molar-refractivity contribution >= 4 is 15.8 Å². The van der Waals surface area contributed by atoms with Crippen LogP contribution in [0.15, 0.2) is 23.1 Å². The third kappa shape index (κ3) is 3.59. The number of benzene rings is 1. The molecule has 21 heavy (non-hydrogen) atoms. The Kier molecular flexibility index (Phi) is 4.08. The van der Waals surface area contributed by atoms with Gasteiger partial charge in [-0.15, -0.1) is 0 Å². The third-order valence-electron chi connectivity index (χ3n) is 3.49. The number of rotatable bonds is 4. The number of aromatic carboxylic acids is 1. The van der Waals surface area contributed by atoms with Crippen LogP contribution in [-0.2, 0) is 14.6 Å². The zero-order chi connectivity index (χ0) is 15.8. The Morgan fingerprint density at radius 1 is 1.48 bits per heavy atom. The van der Waals surface area contributed by atoms with Crippen LogP contribution in [0.1, 0.15) is 37.0 Å². The number of sulfone groups is 1. The average molecular weight is 316 g/mol. The van der Waals surface area contributed by atoms with Gasteiger partial charge in [-0.1, -0.05) is 0 Å². The highest BCUT2D eigenvalue weighted by atomic mass is 32.2. The van der Waals surface area contributed by atoms with Crippen LogP contribution in [-0.4, -0.2) is 37.0 Å². The number of carboxylic acid groups (broad SMARTS) is 1. The quantitative estimate of drug-likeness (QED) is 0.862. The molecule has 1 heterocycles. The van der Waals surface area contributed by atoms with E-state index < -0.39 is 33.3 Å². The van der Waals surface area contributed by atoms with Crippen LogP contribution in [0.5, 0.6) is 0 Å². The minimum absolute atomic E-state index is 0.199. The SMILES string of the molecule is CC1(C)CCC(CS(=O)(=O)c2ccc(F)c(C(=O)O)c2)O1. The van der Waals surface area contributed by atoms with E-state index in [4.69, 9.17) is 9.84 Å². The Bertz CT molecular complexity index is 666. The first-order chi connectivity index (χ1) is 9.61. The minimum atomic E-state index is -3.72. The van der Waals surface area contributed by atoms with Gasteiger partial charge in [-0.2, -0.15) is 0 Å². The largest absolute Gasteiger partial charge is 0.478 e. The molecule has 1 saturated heterocycles. The lowest BCUT2D eigenvalue weighted by atomic mass is 10.1. The summed E-state index contributed by atoms with van der Waals surface area (Å²) in [6, 6.07) is 2.79. The van der Waals surface area contributed by atoms with Crippen LogP contribution in [0.2, 0.25) is 0 Å². The van der Waals surface area contributed by atoms with Crippen LogP contribution in [0.3, 0.4) is 0 Å². The first-order valence-corrected chi connectivity index (χ1v) is 8.19. The van der Waals surface area contributed by atoms with Gasteiger partial charge in [0.05, 0.1) is 27.9 Å². The predicted molar refractivity (Wildman–Crippen MR) is 73.6 cm³/mol. The zero-order valence-corrected chi connectivity index (χ0v) is 12.6. The van der Waals surface area contributed by atoms with Gasteiger partial charge in [-0.3, -0.25) is 0 Å². The average Bonchev–Trinajstić information content (AvgIpc) is 2.67. The Morgan fingerprint density at radius 3 is 2.67 bits per heavy atom. The molecular formula is C14H17FO5S. The van der Waals surface area contributed by atoms with Crippen LogP contribution < -0.4 is 0 Å². The Labute approximate surface area is 122 Å². The van der Waals surface area contributed by atoms with E-state index in [0.717, 1.165) is 24.6 Å². The topological polar surface area (TPSA) is 80.7 Å². The van der Waals surface area contributed by atoms with Crippen LogP contribution in [0.4, 0.5) is 4.39 Å². The molecule has 0 aromatic heterocycles. The first-order valence-electron chi connectivity index (χ1n) is 6.54. The molecule has 0 radical (unpaired) electrons. The molecule has 1 atom stereocenters. The summed E-state index contributed by atoms with van der Waals surface area (Å²) < 4.78 is 43.5. The molecule has 2 rings (SSSR count). The summed E-state index contributed by atoms with van der Waals surface area (Å²) in [6.07, 6.45) is 0.958. The third-order valence-corrected chi connectivity index (χ3v) is 5.27. The number of ether oxygens (including phenoxy) is 1. The molecule has 116 valence electrons. The van der Waals surface area contributed by atoms with E-state index in [1.165, 1.54) is 0 Å². The van der Waals surface area contributed by atoms with Gasteiger partial charge < -0.3 is 9.84 Å². The van der Waals surface area contributed by atoms with Crippen LogP contribution in [0, 0.1) is 5.82 Å². The van der Waals surface area contributed by atoms with Crippen molar-refractivity contribution < 1.29 is 27.4 Å². The molecule has 1 aromatic rings. The number of hydrogen-bond donors (Lipinski definition) is 1. The molecule has 1 aromatic carbocycles. The molecule has 0 amide bonds. The van der Waals surface area contributed by atoms with Gasteiger partial charge >= 0.3 is 5.97 Å². The maximum Gasteiger partial charge on any atom is 0.338 e. The summed E-state index contributed by atoms with van der Waals surface area (Å²) in [5, 5.41) is 8.85. The van der Waals surface area contributed by atoms with E-state index in [2.05, 4.69) is 0 Å². The van der Waals surface area contributed by atoms with E-state index in [-0.39, 0.29) is 16.2 Å². The number of carbonyl (C=O) groups is 1. The van der Waals surface area contributed by atoms with Gasteiger partial charge in [0.15, 0.2) is 9.84 Å². The summed E-state index contributed by atoms with van der Waals surface area (Å²) in [5.74, 6) is -2.69. The Morgan fingerprint density at radius 2 is 2.14 bits per heavy atom. The number of carboxylic acids is 1. The molecule has 7 heteroatoms. The normalized spacial score (nSPS) is 21.4. The molecule has 1 aliphatic rings. The Balaban J connectivity index is 2.24.